The Kier molecular flexibility index (Phi) is 4.74. The second kappa shape index (κ2) is 5.61. The van der Waals surface area contributed by atoms with Crippen LogP contribution in [0.5, 0.6) is 0 Å². The van der Waals surface area contributed by atoms with E-state index in [9.17, 15) is 5.11 Å². The number of rotatable bonds is 5. The number of aliphatic hydroxyl groups excluding tert-OH is 2. The van der Waals surface area contributed by atoms with Crippen LogP contribution in [-0.2, 0) is 0 Å². The molecule has 0 spiro atoms. The zero-order valence-electron chi connectivity index (χ0n) is 8.58. The highest BCUT2D eigenvalue weighted by Crippen LogP contribution is 2.29. The fourth-order valence-electron chi connectivity index (χ4n) is 2.20. The van der Waals surface area contributed by atoms with Crippen LogP contribution in [0.3, 0.4) is 0 Å². The maximum absolute atomic E-state index is 9.78. The molecule has 2 unspecified atom stereocenters. The monoisotopic (exact) mass is 186 g/mol. The second-order valence-corrected chi connectivity index (χ2v) is 4.39. The highest BCUT2D eigenvalue weighted by molar-refractivity contribution is 4.74. The molecule has 0 radical (unpaired) electrons. The van der Waals surface area contributed by atoms with Crippen molar-refractivity contribution in [1.82, 2.24) is 0 Å². The van der Waals surface area contributed by atoms with Crippen LogP contribution in [0.15, 0.2) is 0 Å². The van der Waals surface area contributed by atoms with Gasteiger partial charge in [-0.25, -0.2) is 0 Å². The van der Waals surface area contributed by atoms with Crippen LogP contribution in [0, 0.1) is 5.92 Å². The van der Waals surface area contributed by atoms with E-state index in [1.165, 1.54) is 25.7 Å². The molecule has 2 atom stereocenters. The Balaban J connectivity index is 2.06. The first-order valence-electron chi connectivity index (χ1n) is 5.56. The molecule has 0 amide bonds. The zero-order valence-corrected chi connectivity index (χ0v) is 8.58. The summed E-state index contributed by atoms with van der Waals surface area (Å²) >= 11 is 0. The molecule has 0 aromatic carbocycles. The molecule has 1 saturated carbocycles. The second-order valence-electron chi connectivity index (χ2n) is 4.39. The minimum absolute atomic E-state index is 0.110. The molecule has 0 aliphatic heterocycles. The average molecular weight is 186 g/mol. The topological polar surface area (TPSA) is 40.5 Å². The fourth-order valence-corrected chi connectivity index (χ4v) is 2.20. The standard InChI is InChI=1S/C11H22O2/c1-9(12)5-4-8-11(13)10-6-2-3-7-10/h9-13H,2-8H2,1H3. The molecule has 0 aromatic rings. The van der Waals surface area contributed by atoms with Crippen molar-refractivity contribution in [2.75, 3.05) is 0 Å². The first kappa shape index (κ1) is 11.0. The Morgan fingerprint density at radius 1 is 1.15 bits per heavy atom. The van der Waals surface area contributed by atoms with Gasteiger partial charge in [-0.05, 0) is 44.9 Å². The van der Waals surface area contributed by atoms with Crippen molar-refractivity contribution in [2.24, 2.45) is 5.92 Å². The van der Waals surface area contributed by atoms with Gasteiger partial charge in [-0.2, -0.15) is 0 Å². The molecular formula is C11H22O2. The van der Waals surface area contributed by atoms with E-state index in [1.54, 1.807) is 0 Å². The SMILES string of the molecule is CC(O)CCCC(O)C1CCCC1. The van der Waals surface area contributed by atoms with E-state index in [0.29, 0.717) is 5.92 Å². The van der Waals surface area contributed by atoms with Crippen LogP contribution in [0.25, 0.3) is 0 Å². The summed E-state index contributed by atoms with van der Waals surface area (Å²) < 4.78 is 0. The fraction of sp³-hybridized carbons (Fsp3) is 1.00. The highest BCUT2D eigenvalue weighted by atomic mass is 16.3. The number of aliphatic hydroxyl groups is 2. The lowest BCUT2D eigenvalue weighted by molar-refractivity contribution is 0.0925. The van der Waals surface area contributed by atoms with E-state index in [0.717, 1.165) is 19.3 Å². The maximum atomic E-state index is 9.78. The van der Waals surface area contributed by atoms with Crippen molar-refractivity contribution in [3.05, 3.63) is 0 Å². The van der Waals surface area contributed by atoms with Gasteiger partial charge in [0.2, 0.25) is 0 Å². The van der Waals surface area contributed by atoms with E-state index in [1.807, 2.05) is 6.92 Å². The Morgan fingerprint density at radius 2 is 1.77 bits per heavy atom. The van der Waals surface area contributed by atoms with E-state index < -0.39 is 0 Å². The van der Waals surface area contributed by atoms with Crippen molar-refractivity contribution >= 4 is 0 Å². The zero-order chi connectivity index (χ0) is 9.68. The van der Waals surface area contributed by atoms with Gasteiger partial charge in [0, 0.05) is 0 Å². The Hall–Kier alpha value is -0.0800. The first-order valence-corrected chi connectivity index (χ1v) is 5.56. The van der Waals surface area contributed by atoms with E-state index in [2.05, 4.69) is 0 Å². The van der Waals surface area contributed by atoms with Gasteiger partial charge in [0.25, 0.3) is 0 Å². The lowest BCUT2D eigenvalue weighted by Crippen LogP contribution is -2.17. The van der Waals surface area contributed by atoms with Gasteiger partial charge in [-0.3, -0.25) is 0 Å². The van der Waals surface area contributed by atoms with Crippen LogP contribution in [-0.4, -0.2) is 22.4 Å². The van der Waals surface area contributed by atoms with Crippen LogP contribution in [0.2, 0.25) is 0 Å². The largest absolute Gasteiger partial charge is 0.393 e. The first-order chi connectivity index (χ1) is 6.20. The molecule has 78 valence electrons. The van der Waals surface area contributed by atoms with Crippen molar-refractivity contribution < 1.29 is 10.2 Å². The van der Waals surface area contributed by atoms with Crippen molar-refractivity contribution in [3.8, 4) is 0 Å². The molecule has 0 aromatic heterocycles. The van der Waals surface area contributed by atoms with E-state index in [-0.39, 0.29) is 12.2 Å². The van der Waals surface area contributed by atoms with E-state index in [4.69, 9.17) is 5.11 Å². The maximum Gasteiger partial charge on any atom is 0.0568 e. The smallest absolute Gasteiger partial charge is 0.0568 e. The molecule has 13 heavy (non-hydrogen) atoms. The number of hydrogen-bond donors (Lipinski definition) is 2. The third-order valence-corrected chi connectivity index (χ3v) is 3.07. The van der Waals surface area contributed by atoms with Gasteiger partial charge >= 0.3 is 0 Å². The summed E-state index contributed by atoms with van der Waals surface area (Å²) in [5, 5.41) is 18.8. The molecule has 1 aliphatic carbocycles. The number of hydrogen-bond acceptors (Lipinski definition) is 2. The summed E-state index contributed by atoms with van der Waals surface area (Å²) in [5.41, 5.74) is 0. The third kappa shape index (κ3) is 4.10. The van der Waals surface area contributed by atoms with E-state index >= 15 is 0 Å². The van der Waals surface area contributed by atoms with Gasteiger partial charge in [-0.15, -0.1) is 0 Å². The molecule has 0 heterocycles. The molecule has 2 N–H and O–H groups in total. The van der Waals surface area contributed by atoms with Gasteiger partial charge < -0.3 is 10.2 Å². The summed E-state index contributed by atoms with van der Waals surface area (Å²) in [6.45, 7) is 1.81. The van der Waals surface area contributed by atoms with Crippen LogP contribution >= 0.6 is 0 Å². The molecular weight excluding hydrogens is 164 g/mol. The Labute approximate surface area is 81.0 Å². The summed E-state index contributed by atoms with van der Waals surface area (Å²) in [5.74, 6) is 0.550. The lowest BCUT2D eigenvalue weighted by Gasteiger charge is -2.17. The predicted octanol–water partition coefficient (Wildman–Crippen LogP) is 2.09. The van der Waals surface area contributed by atoms with Crippen LogP contribution in [0.1, 0.15) is 51.9 Å². The minimum Gasteiger partial charge on any atom is -0.393 e. The van der Waals surface area contributed by atoms with Gasteiger partial charge in [0.15, 0.2) is 0 Å². The van der Waals surface area contributed by atoms with Crippen LogP contribution < -0.4 is 0 Å². The summed E-state index contributed by atoms with van der Waals surface area (Å²) in [4.78, 5) is 0. The minimum atomic E-state index is -0.212. The van der Waals surface area contributed by atoms with Crippen molar-refractivity contribution in [3.63, 3.8) is 0 Å². The third-order valence-electron chi connectivity index (χ3n) is 3.07. The van der Waals surface area contributed by atoms with Gasteiger partial charge in [0.1, 0.15) is 0 Å². The van der Waals surface area contributed by atoms with Crippen molar-refractivity contribution in [1.29, 1.82) is 0 Å². The predicted molar refractivity (Wildman–Crippen MR) is 53.5 cm³/mol. The summed E-state index contributed by atoms with van der Waals surface area (Å²) in [6, 6.07) is 0. The summed E-state index contributed by atoms with van der Waals surface area (Å²) in [6.07, 6.45) is 7.31. The summed E-state index contributed by atoms with van der Waals surface area (Å²) in [7, 11) is 0. The Bertz CT molecular complexity index is 128. The quantitative estimate of drug-likeness (QED) is 0.690. The molecule has 0 saturated heterocycles. The molecule has 1 rings (SSSR count). The van der Waals surface area contributed by atoms with Crippen LogP contribution in [0.4, 0.5) is 0 Å². The highest BCUT2D eigenvalue weighted by Gasteiger charge is 2.22. The molecule has 1 aliphatic rings. The normalized spacial score (nSPS) is 23.3. The molecule has 2 nitrogen and oxygen atoms in total. The molecule has 2 heteroatoms. The molecule has 1 fully saturated rings. The molecule has 0 bridgehead atoms. The van der Waals surface area contributed by atoms with Gasteiger partial charge in [-0.1, -0.05) is 12.8 Å². The average Bonchev–Trinajstić information content (AvgIpc) is 2.55. The van der Waals surface area contributed by atoms with Crippen molar-refractivity contribution in [2.45, 2.75) is 64.1 Å². The Morgan fingerprint density at radius 3 is 2.31 bits per heavy atom. The lowest BCUT2D eigenvalue weighted by atomic mass is 9.96. The van der Waals surface area contributed by atoms with Gasteiger partial charge in [0.05, 0.1) is 12.2 Å².